The van der Waals surface area contributed by atoms with E-state index in [9.17, 15) is 13.9 Å². The topological polar surface area (TPSA) is 29.5 Å². The minimum Gasteiger partial charge on any atom is -0.454 e. The second kappa shape index (κ2) is 5.80. The molecule has 0 spiro atoms. The average molecular weight is 264 g/mol. The number of benzene rings is 2. The first-order valence-electron chi connectivity index (χ1n) is 6.01. The van der Waals surface area contributed by atoms with Crippen LogP contribution in [0.15, 0.2) is 42.5 Å². The second-order valence-corrected chi connectivity index (χ2v) is 4.17. The number of halogens is 2. The number of ether oxygens (including phenoxy) is 1. The molecule has 0 saturated carbocycles. The lowest BCUT2D eigenvalue weighted by atomic mass is 10.1. The van der Waals surface area contributed by atoms with Gasteiger partial charge in [0.2, 0.25) is 0 Å². The van der Waals surface area contributed by atoms with Crippen LogP contribution in [0, 0.1) is 11.6 Å². The molecular formula is C15H14F2O2. The Morgan fingerprint density at radius 3 is 2.42 bits per heavy atom. The second-order valence-electron chi connectivity index (χ2n) is 4.17. The van der Waals surface area contributed by atoms with Crippen LogP contribution in [0.2, 0.25) is 0 Å². The molecule has 0 aliphatic heterocycles. The highest BCUT2D eigenvalue weighted by molar-refractivity contribution is 5.34. The SMILES string of the molecule is CCC(O)c1ccc(Oc2cc(F)ccc2F)cc1. The van der Waals surface area contributed by atoms with Crippen molar-refractivity contribution in [1.82, 2.24) is 0 Å². The molecule has 0 heterocycles. The Balaban J connectivity index is 2.17. The molecule has 2 nitrogen and oxygen atoms in total. The summed E-state index contributed by atoms with van der Waals surface area (Å²) in [5, 5.41) is 9.64. The fourth-order valence-corrected chi connectivity index (χ4v) is 1.68. The molecule has 0 radical (unpaired) electrons. The molecule has 19 heavy (non-hydrogen) atoms. The van der Waals surface area contributed by atoms with Crippen molar-refractivity contribution >= 4 is 0 Å². The predicted molar refractivity (Wildman–Crippen MR) is 68.1 cm³/mol. The molecule has 0 amide bonds. The van der Waals surface area contributed by atoms with E-state index in [0.29, 0.717) is 12.2 Å². The van der Waals surface area contributed by atoms with Crippen LogP contribution in [-0.2, 0) is 0 Å². The minimum absolute atomic E-state index is 0.163. The molecular weight excluding hydrogens is 250 g/mol. The molecule has 4 heteroatoms. The maximum atomic E-state index is 13.4. The fraction of sp³-hybridized carbons (Fsp3) is 0.200. The average Bonchev–Trinajstić information content (AvgIpc) is 2.43. The summed E-state index contributed by atoms with van der Waals surface area (Å²) in [4.78, 5) is 0. The van der Waals surface area contributed by atoms with Crippen molar-refractivity contribution in [3.05, 3.63) is 59.7 Å². The third-order valence-electron chi connectivity index (χ3n) is 2.77. The summed E-state index contributed by atoms with van der Waals surface area (Å²) in [5.74, 6) is -0.964. The number of aliphatic hydroxyl groups is 1. The Morgan fingerprint density at radius 2 is 1.79 bits per heavy atom. The van der Waals surface area contributed by atoms with Gasteiger partial charge in [-0.1, -0.05) is 19.1 Å². The van der Waals surface area contributed by atoms with Crippen molar-refractivity contribution < 1.29 is 18.6 Å². The van der Waals surface area contributed by atoms with Gasteiger partial charge in [-0.3, -0.25) is 0 Å². The van der Waals surface area contributed by atoms with Gasteiger partial charge in [-0.2, -0.15) is 0 Å². The van der Waals surface area contributed by atoms with Crippen molar-refractivity contribution in [2.75, 3.05) is 0 Å². The lowest BCUT2D eigenvalue weighted by Gasteiger charge is -2.10. The molecule has 2 rings (SSSR count). The molecule has 1 unspecified atom stereocenters. The first-order valence-corrected chi connectivity index (χ1v) is 6.01. The van der Waals surface area contributed by atoms with Crippen LogP contribution in [-0.4, -0.2) is 5.11 Å². The number of hydrogen-bond donors (Lipinski definition) is 1. The lowest BCUT2D eigenvalue weighted by Crippen LogP contribution is -1.95. The van der Waals surface area contributed by atoms with Gasteiger partial charge in [0.25, 0.3) is 0 Å². The maximum absolute atomic E-state index is 13.4. The third-order valence-corrected chi connectivity index (χ3v) is 2.77. The largest absolute Gasteiger partial charge is 0.454 e. The van der Waals surface area contributed by atoms with Crippen molar-refractivity contribution in [2.45, 2.75) is 19.4 Å². The first kappa shape index (κ1) is 13.5. The van der Waals surface area contributed by atoms with Crippen LogP contribution >= 0.6 is 0 Å². The van der Waals surface area contributed by atoms with E-state index >= 15 is 0 Å². The van der Waals surface area contributed by atoms with E-state index in [1.165, 1.54) is 0 Å². The summed E-state index contributed by atoms with van der Waals surface area (Å²) in [7, 11) is 0. The highest BCUT2D eigenvalue weighted by Crippen LogP contribution is 2.26. The summed E-state index contributed by atoms with van der Waals surface area (Å²) in [5.41, 5.74) is 0.759. The van der Waals surface area contributed by atoms with Crippen LogP contribution in [0.5, 0.6) is 11.5 Å². The van der Waals surface area contributed by atoms with Gasteiger partial charge in [-0.15, -0.1) is 0 Å². The Bertz CT molecular complexity index is 553. The van der Waals surface area contributed by atoms with Gasteiger partial charge in [0.05, 0.1) is 6.10 Å². The molecule has 0 fully saturated rings. The zero-order chi connectivity index (χ0) is 13.8. The molecule has 0 aromatic heterocycles. The molecule has 2 aromatic carbocycles. The van der Waals surface area contributed by atoms with Crippen molar-refractivity contribution in [1.29, 1.82) is 0 Å². The van der Waals surface area contributed by atoms with E-state index in [2.05, 4.69) is 0 Å². The summed E-state index contributed by atoms with van der Waals surface area (Å²) >= 11 is 0. The zero-order valence-corrected chi connectivity index (χ0v) is 10.4. The van der Waals surface area contributed by atoms with Crippen LogP contribution in [0.4, 0.5) is 8.78 Å². The van der Waals surface area contributed by atoms with Crippen molar-refractivity contribution in [2.24, 2.45) is 0 Å². The summed E-state index contributed by atoms with van der Waals surface area (Å²) in [6, 6.07) is 9.64. The van der Waals surface area contributed by atoms with E-state index in [-0.39, 0.29) is 5.75 Å². The Labute approximate surface area is 110 Å². The van der Waals surface area contributed by atoms with Gasteiger partial charge < -0.3 is 9.84 Å². The molecule has 1 N–H and O–H groups in total. The Hall–Kier alpha value is -1.94. The summed E-state index contributed by atoms with van der Waals surface area (Å²) < 4.78 is 31.6. The fourth-order valence-electron chi connectivity index (χ4n) is 1.68. The van der Waals surface area contributed by atoms with E-state index in [1.54, 1.807) is 24.3 Å². The maximum Gasteiger partial charge on any atom is 0.165 e. The van der Waals surface area contributed by atoms with Crippen LogP contribution in [0.25, 0.3) is 0 Å². The Kier molecular flexibility index (Phi) is 4.12. The van der Waals surface area contributed by atoms with Crippen LogP contribution in [0.1, 0.15) is 25.0 Å². The van der Waals surface area contributed by atoms with Gasteiger partial charge in [-0.25, -0.2) is 8.78 Å². The monoisotopic (exact) mass is 264 g/mol. The van der Waals surface area contributed by atoms with Gasteiger partial charge >= 0.3 is 0 Å². The molecule has 0 aliphatic rings. The quantitative estimate of drug-likeness (QED) is 0.896. The Morgan fingerprint density at radius 1 is 1.11 bits per heavy atom. The van der Waals surface area contributed by atoms with Gasteiger partial charge in [0.1, 0.15) is 11.6 Å². The first-order chi connectivity index (χ1) is 9.10. The zero-order valence-electron chi connectivity index (χ0n) is 10.4. The van der Waals surface area contributed by atoms with Crippen LogP contribution in [0.3, 0.4) is 0 Å². The summed E-state index contributed by atoms with van der Waals surface area (Å²) in [6.45, 7) is 1.87. The van der Waals surface area contributed by atoms with Gasteiger partial charge in [0.15, 0.2) is 11.6 Å². The van der Waals surface area contributed by atoms with E-state index in [0.717, 1.165) is 23.8 Å². The van der Waals surface area contributed by atoms with E-state index < -0.39 is 17.7 Å². The van der Waals surface area contributed by atoms with Gasteiger partial charge in [0, 0.05) is 6.07 Å². The van der Waals surface area contributed by atoms with Crippen LogP contribution < -0.4 is 4.74 Å². The number of aliphatic hydroxyl groups excluding tert-OH is 1. The van der Waals surface area contributed by atoms with Crippen molar-refractivity contribution in [3.63, 3.8) is 0 Å². The molecule has 2 aromatic rings. The van der Waals surface area contributed by atoms with E-state index in [1.807, 2.05) is 6.92 Å². The normalized spacial score (nSPS) is 12.2. The van der Waals surface area contributed by atoms with Crippen molar-refractivity contribution in [3.8, 4) is 11.5 Å². The molecule has 0 saturated heterocycles. The molecule has 0 aliphatic carbocycles. The predicted octanol–water partition coefficient (Wildman–Crippen LogP) is 4.20. The third kappa shape index (κ3) is 3.29. The lowest BCUT2D eigenvalue weighted by molar-refractivity contribution is 0.173. The van der Waals surface area contributed by atoms with Gasteiger partial charge in [-0.05, 0) is 36.2 Å². The van der Waals surface area contributed by atoms with E-state index in [4.69, 9.17) is 4.74 Å². The minimum atomic E-state index is -0.626. The number of hydrogen-bond acceptors (Lipinski definition) is 2. The smallest absolute Gasteiger partial charge is 0.165 e. The summed E-state index contributed by atoms with van der Waals surface area (Å²) in [6.07, 6.45) is 0.0820. The molecule has 0 bridgehead atoms. The molecule has 100 valence electrons. The highest BCUT2D eigenvalue weighted by atomic mass is 19.1. The standard InChI is InChI=1S/C15H14F2O2/c1-2-14(18)10-3-6-12(7-4-10)19-15-9-11(16)5-8-13(15)17/h3-9,14,18H,2H2,1H3. The number of rotatable bonds is 4. The molecule has 1 atom stereocenters. The highest BCUT2D eigenvalue weighted by Gasteiger charge is 2.08.